The van der Waals surface area contributed by atoms with Gasteiger partial charge in [-0.15, -0.1) is 0 Å². The highest BCUT2D eigenvalue weighted by Gasteiger charge is 2.31. The van der Waals surface area contributed by atoms with Crippen LogP contribution in [0.4, 0.5) is 5.69 Å². The summed E-state index contributed by atoms with van der Waals surface area (Å²) in [4.78, 5) is 0.280. The van der Waals surface area contributed by atoms with E-state index >= 15 is 0 Å². The summed E-state index contributed by atoms with van der Waals surface area (Å²) in [6, 6.07) is 6.65. The van der Waals surface area contributed by atoms with Crippen molar-refractivity contribution in [1.29, 1.82) is 0 Å². The van der Waals surface area contributed by atoms with E-state index in [9.17, 15) is 8.42 Å². The number of hydrogen-bond donors (Lipinski definition) is 3. The Hall–Kier alpha value is -1.11. The van der Waals surface area contributed by atoms with Crippen LogP contribution >= 0.6 is 0 Å². The maximum atomic E-state index is 12.0. The normalized spacial score (nSPS) is 17.8. The molecule has 5 nitrogen and oxygen atoms in total. The van der Waals surface area contributed by atoms with Crippen LogP contribution in [0, 0.1) is 0 Å². The lowest BCUT2D eigenvalue weighted by molar-refractivity contribution is 0.265. The van der Waals surface area contributed by atoms with E-state index in [2.05, 4.69) is 10.0 Å². The molecule has 6 heteroatoms. The zero-order valence-electron chi connectivity index (χ0n) is 12.0. The van der Waals surface area contributed by atoms with Crippen molar-refractivity contribution in [3.8, 4) is 0 Å². The molecule has 0 spiro atoms. The van der Waals surface area contributed by atoms with Crippen molar-refractivity contribution in [1.82, 2.24) is 4.72 Å². The van der Waals surface area contributed by atoms with Gasteiger partial charge in [-0.05, 0) is 57.4 Å². The van der Waals surface area contributed by atoms with Crippen molar-refractivity contribution in [2.24, 2.45) is 5.73 Å². The minimum atomic E-state index is -3.42. The molecule has 1 aliphatic rings. The molecule has 2 rings (SSSR count). The third-order valence-corrected chi connectivity index (χ3v) is 5.22. The number of nitrogens with two attached hydrogens (primary N) is 1. The average molecular weight is 297 g/mol. The van der Waals surface area contributed by atoms with Crippen LogP contribution in [0.15, 0.2) is 29.2 Å². The van der Waals surface area contributed by atoms with Crippen molar-refractivity contribution < 1.29 is 8.42 Å². The first kappa shape index (κ1) is 15.3. The highest BCUT2D eigenvalue weighted by atomic mass is 32.2. The van der Waals surface area contributed by atoms with Gasteiger partial charge in [-0.2, -0.15) is 0 Å². The standard InChI is InChI=1S/C14H23N3O2S/c1-11(2)17-20(18,19)13-6-4-12(5-7-13)16-10-14(15)8-3-9-14/h4-7,11,16-17H,3,8-10,15H2,1-2H3. The van der Waals surface area contributed by atoms with Crippen molar-refractivity contribution in [3.63, 3.8) is 0 Å². The summed E-state index contributed by atoms with van der Waals surface area (Å²) in [5.74, 6) is 0. The van der Waals surface area contributed by atoms with E-state index in [1.54, 1.807) is 38.1 Å². The number of anilines is 1. The van der Waals surface area contributed by atoms with Gasteiger partial charge < -0.3 is 11.1 Å². The van der Waals surface area contributed by atoms with Gasteiger partial charge in [0.05, 0.1) is 4.90 Å². The minimum absolute atomic E-state index is 0.0933. The van der Waals surface area contributed by atoms with Crippen molar-refractivity contribution in [2.75, 3.05) is 11.9 Å². The van der Waals surface area contributed by atoms with E-state index in [0.29, 0.717) is 0 Å². The quantitative estimate of drug-likeness (QED) is 0.745. The van der Waals surface area contributed by atoms with Gasteiger partial charge in [0.2, 0.25) is 10.0 Å². The Kier molecular flexibility index (Phi) is 4.36. The molecule has 0 aromatic heterocycles. The Bertz CT molecular complexity index is 548. The van der Waals surface area contributed by atoms with Crippen LogP contribution in [0.2, 0.25) is 0 Å². The monoisotopic (exact) mass is 297 g/mol. The predicted octanol–water partition coefficient (Wildman–Crippen LogP) is 1.67. The number of hydrogen-bond acceptors (Lipinski definition) is 4. The Morgan fingerprint density at radius 3 is 2.30 bits per heavy atom. The molecule has 1 fully saturated rings. The van der Waals surface area contributed by atoms with Gasteiger partial charge in [-0.3, -0.25) is 0 Å². The van der Waals surface area contributed by atoms with Crippen LogP contribution in [0.1, 0.15) is 33.1 Å². The highest BCUT2D eigenvalue weighted by molar-refractivity contribution is 7.89. The second kappa shape index (κ2) is 5.71. The molecule has 0 amide bonds. The van der Waals surface area contributed by atoms with Gasteiger partial charge >= 0.3 is 0 Å². The van der Waals surface area contributed by atoms with E-state index in [1.165, 1.54) is 6.42 Å². The van der Waals surface area contributed by atoms with E-state index in [1.807, 2.05) is 0 Å². The van der Waals surface area contributed by atoms with Gasteiger partial charge in [0.25, 0.3) is 0 Å². The molecule has 1 saturated carbocycles. The Balaban J connectivity index is 1.99. The summed E-state index contributed by atoms with van der Waals surface area (Å²) in [6.45, 7) is 4.32. The molecule has 0 radical (unpaired) electrons. The van der Waals surface area contributed by atoms with Crippen LogP contribution in [-0.2, 0) is 10.0 Å². The fourth-order valence-corrected chi connectivity index (χ4v) is 3.47. The van der Waals surface area contributed by atoms with Gasteiger partial charge in [0, 0.05) is 23.8 Å². The predicted molar refractivity (Wildman–Crippen MR) is 81.2 cm³/mol. The smallest absolute Gasteiger partial charge is 0.240 e. The van der Waals surface area contributed by atoms with Crippen molar-refractivity contribution in [2.45, 2.75) is 49.6 Å². The zero-order chi connectivity index (χ0) is 14.8. The lowest BCUT2D eigenvalue weighted by Gasteiger charge is -2.38. The molecule has 0 aliphatic heterocycles. The second-order valence-electron chi connectivity index (χ2n) is 5.87. The van der Waals surface area contributed by atoms with E-state index in [-0.39, 0.29) is 16.5 Å². The van der Waals surface area contributed by atoms with E-state index in [0.717, 1.165) is 25.1 Å². The van der Waals surface area contributed by atoms with Gasteiger partial charge in [0.15, 0.2) is 0 Å². The summed E-state index contributed by atoms with van der Waals surface area (Å²) >= 11 is 0. The summed E-state index contributed by atoms with van der Waals surface area (Å²) < 4.78 is 26.5. The second-order valence-corrected chi connectivity index (χ2v) is 7.58. The fraction of sp³-hybridized carbons (Fsp3) is 0.571. The molecule has 0 saturated heterocycles. The molecule has 1 aromatic rings. The molecule has 1 aromatic carbocycles. The number of rotatable bonds is 6. The minimum Gasteiger partial charge on any atom is -0.383 e. The van der Waals surface area contributed by atoms with Crippen molar-refractivity contribution in [3.05, 3.63) is 24.3 Å². The lowest BCUT2D eigenvalue weighted by Crippen LogP contribution is -2.51. The van der Waals surface area contributed by atoms with Crippen LogP contribution in [0.3, 0.4) is 0 Å². The maximum Gasteiger partial charge on any atom is 0.240 e. The molecule has 0 heterocycles. The average Bonchev–Trinajstić information content (AvgIpc) is 2.33. The molecule has 112 valence electrons. The third-order valence-electron chi connectivity index (χ3n) is 3.55. The molecular weight excluding hydrogens is 274 g/mol. The zero-order valence-corrected chi connectivity index (χ0v) is 12.8. The fourth-order valence-electron chi connectivity index (χ4n) is 2.22. The first-order valence-electron chi connectivity index (χ1n) is 6.96. The first-order valence-corrected chi connectivity index (χ1v) is 8.44. The SMILES string of the molecule is CC(C)NS(=O)(=O)c1ccc(NCC2(N)CCC2)cc1. The van der Waals surface area contributed by atoms with Crippen LogP contribution in [-0.4, -0.2) is 26.5 Å². The number of benzene rings is 1. The van der Waals surface area contributed by atoms with Crippen LogP contribution in [0.5, 0.6) is 0 Å². The summed E-state index contributed by atoms with van der Waals surface area (Å²) in [6.07, 6.45) is 3.28. The van der Waals surface area contributed by atoms with Gasteiger partial charge in [-0.25, -0.2) is 13.1 Å². The van der Waals surface area contributed by atoms with E-state index in [4.69, 9.17) is 5.73 Å². The maximum absolute atomic E-state index is 12.0. The Morgan fingerprint density at radius 2 is 1.85 bits per heavy atom. The largest absolute Gasteiger partial charge is 0.383 e. The molecule has 4 N–H and O–H groups in total. The molecule has 0 atom stereocenters. The van der Waals surface area contributed by atoms with Crippen LogP contribution in [0.25, 0.3) is 0 Å². The molecule has 1 aliphatic carbocycles. The van der Waals surface area contributed by atoms with Gasteiger partial charge in [0.1, 0.15) is 0 Å². The number of nitrogens with one attached hydrogen (secondary N) is 2. The Morgan fingerprint density at radius 1 is 1.25 bits per heavy atom. The topological polar surface area (TPSA) is 84.2 Å². The summed E-state index contributed by atoms with van der Waals surface area (Å²) in [5, 5.41) is 3.27. The molecular formula is C14H23N3O2S. The highest BCUT2D eigenvalue weighted by Crippen LogP contribution is 2.29. The molecule has 0 bridgehead atoms. The third kappa shape index (κ3) is 3.71. The van der Waals surface area contributed by atoms with Crippen LogP contribution < -0.4 is 15.8 Å². The number of sulfonamides is 1. The lowest BCUT2D eigenvalue weighted by atomic mass is 9.78. The first-order chi connectivity index (χ1) is 9.31. The summed E-state index contributed by atoms with van der Waals surface area (Å²) in [7, 11) is -3.42. The Labute approximate surface area is 121 Å². The molecule has 20 heavy (non-hydrogen) atoms. The summed E-state index contributed by atoms with van der Waals surface area (Å²) in [5.41, 5.74) is 6.94. The van der Waals surface area contributed by atoms with Crippen molar-refractivity contribution >= 4 is 15.7 Å². The van der Waals surface area contributed by atoms with Gasteiger partial charge in [-0.1, -0.05) is 0 Å². The van der Waals surface area contributed by atoms with E-state index < -0.39 is 10.0 Å². The molecule has 0 unspecified atom stereocenters.